The van der Waals surface area contributed by atoms with E-state index in [-0.39, 0.29) is 12.5 Å². The molecule has 5 nitrogen and oxygen atoms in total. The first kappa shape index (κ1) is 14.5. The number of aryl methyl sites for hydroxylation is 1. The number of amides is 1. The SMILES string of the molecule is COCC(O)CCNC(=O)c1cc(C)ccc1N. The third-order valence-electron chi connectivity index (χ3n) is 2.58. The largest absolute Gasteiger partial charge is 0.398 e. The Hall–Kier alpha value is -1.59. The molecule has 0 spiro atoms. The number of aliphatic hydroxyl groups excluding tert-OH is 1. The topological polar surface area (TPSA) is 84.6 Å². The van der Waals surface area contributed by atoms with E-state index in [0.717, 1.165) is 5.56 Å². The number of benzene rings is 1. The molecule has 0 saturated heterocycles. The lowest BCUT2D eigenvalue weighted by atomic mass is 10.1. The van der Waals surface area contributed by atoms with Crippen molar-refractivity contribution in [2.75, 3.05) is 26.0 Å². The molecule has 1 rings (SSSR count). The molecule has 4 N–H and O–H groups in total. The van der Waals surface area contributed by atoms with Gasteiger partial charge >= 0.3 is 0 Å². The summed E-state index contributed by atoms with van der Waals surface area (Å²) in [5, 5.41) is 12.2. The predicted octanol–water partition coefficient (Wildman–Crippen LogP) is 0.704. The van der Waals surface area contributed by atoms with Gasteiger partial charge in [0.1, 0.15) is 0 Å². The van der Waals surface area contributed by atoms with Crippen molar-refractivity contribution in [2.24, 2.45) is 0 Å². The van der Waals surface area contributed by atoms with Crippen molar-refractivity contribution >= 4 is 11.6 Å². The maximum atomic E-state index is 11.9. The first-order valence-corrected chi connectivity index (χ1v) is 5.86. The molecule has 0 aliphatic rings. The molecule has 1 unspecified atom stereocenters. The number of anilines is 1. The van der Waals surface area contributed by atoms with Crippen LogP contribution in [0.25, 0.3) is 0 Å². The molecule has 1 aromatic rings. The zero-order valence-electron chi connectivity index (χ0n) is 10.8. The van der Waals surface area contributed by atoms with Crippen LogP contribution in [0.5, 0.6) is 0 Å². The zero-order chi connectivity index (χ0) is 13.5. The van der Waals surface area contributed by atoms with Crippen LogP contribution in [-0.4, -0.2) is 37.4 Å². The van der Waals surface area contributed by atoms with Gasteiger partial charge in [0, 0.05) is 19.3 Å². The fraction of sp³-hybridized carbons (Fsp3) is 0.462. The van der Waals surface area contributed by atoms with Gasteiger partial charge in [-0.1, -0.05) is 11.6 Å². The number of methoxy groups -OCH3 is 1. The van der Waals surface area contributed by atoms with Gasteiger partial charge < -0.3 is 20.9 Å². The van der Waals surface area contributed by atoms with Crippen molar-refractivity contribution < 1.29 is 14.6 Å². The number of hydrogen-bond acceptors (Lipinski definition) is 4. The average Bonchev–Trinajstić information content (AvgIpc) is 2.32. The van der Waals surface area contributed by atoms with E-state index in [1.165, 1.54) is 7.11 Å². The lowest BCUT2D eigenvalue weighted by molar-refractivity contribution is 0.0588. The summed E-state index contributed by atoms with van der Waals surface area (Å²) in [6.45, 7) is 2.55. The van der Waals surface area contributed by atoms with E-state index >= 15 is 0 Å². The number of carbonyl (C=O) groups excluding carboxylic acids is 1. The first-order valence-electron chi connectivity index (χ1n) is 5.86. The second-order valence-corrected chi connectivity index (χ2v) is 4.24. The normalized spacial score (nSPS) is 12.2. The van der Waals surface area contributed by atoms with E-state index in [4.69, 9.17) is 10.5 Å². The van der Waals surface area contributed by atoms with Gasteiger partial charge in [0.05, 0.1) is 18.3 Å². The van der Waals surface area contributed by atoms with E-state index in [1.54, 1.807) is 12.1 Å². The van der Waals surface area contributed by atoms with Crippen molar-refractivity contribution in [1.82, 2.24) is 5.32 Å². The Balaban J connectivity index is 2.48. The van der Waals surface area contributed by atoms with E-state index in [9.17, 15) is 9.90 Å². The van der Waals surface area contributed by atoms with Crippen LogP contribution in [0.3, 0.4) is 0 Å². The molecular formula is C13H20N2O3. The molecular weight excluding hydrogens is 232 g/mol. The Bertz CT molecular complexity index is 407. The van der Waals surface area contributed by atoms with Crippen molar-refractivity contribution in [3.05, 3.63) is 29.3 Å². The Labute approximate surface area is 107 Å². The number of hydrogen-bond donors (Lipinski definition) is 3. The van der Waals surface area contributed by atoms with Crippen LogP contribution in [0.2, 0.25) is 0 Å². The molecule has 0 bridgehead atoms. The fourth-order valence-electron chi connectivity index (χ4n) is 1.59. The van der Waals surface area contributed by atoms with Crippen LogP contribution in [0.15, 0.2) is 18.2 Å². The van der Waals surface area contributed by atoms with Crippen molar-refractivity contribution in [1.29, 1.82) is 0 Å². The van der Waals surface area contributed by atoms with Crippen LogP contribution >= 0.6 is 0 Å². The molecule has 1 amide bonds. The Morgan fingerprint density at radius 1 is 1.56 bits per heavy atom. The van der Waals surface area contributed by atoms with E-state index < -0.39 is 6.10 Å². The summed E-state index contributed by atoms with van der Waals surface area (Å²) in [5.74, 6) is -0.221. The second-order valence-electron chi connectivity index (χ2n) is 4.24. The summed E-state index contributed by atoms with van der Waals surface area (Å²) in [7, 11) is 1.52. The zero-order valence-corrected chi connectivity index (χ0v) is 10.8. The summed E-state index contributed by atoms with van der Waals surface area (Å²) < 4.78 is 4.80. The average molecular weight is 252 g/mol. The van der Waals surface area contributed by atoms with Crippen LogP contribution in [0.4, 0.5) is 5.69 Å². The minimum absolute atomic E-state index is 0.221. The molecule has 0 saturated carbocycles. The van der Waals surface area contributed by atoms with Gasteiger partial charge in [-0.25, -0.2) is 0 Å². The molecule has 100 valence electrons. The van der Waals surface area contributed by atoms with Gasteiger partial charge in [-0.2, -0.15) is 0 Å². The van der Waals surface area contributed by atoms with Gasteiger partial charge in [-0.3, -0.25) is 4.79 Å². The molecule has 18 heavy (non-hydrogen) atoms. The minimum atomic E-state index is -0.565. The molecule has 0 aliphatic heterocycles. The Morgan fingerprint density at radius 3 is 2.94 bits per heavy atom. The Kier molecular flexibility index (Phi) is 5.61. The molecule has 5 heteroatoms. The molecule has 0 fully saturated rings. The quantitative estimate of drug-likeness (QED) is 0.651. The highest BCUT2D eigenvalue weighted by molar-refractivity contribution is 5.99. The van der Waals surface area contributed by atoms with Crippen molar-refractivity contribution in [3.63, 3.8) is 0 Å². The van der Waals surface area contributed by atoms with E-state index in [2.05, 4.69) is 5.32 Å². The van der Waals surface area contributed by atoms with Gasteiger partial charge in [-0.15, -0.1) is 0 Å². The molecule has 0 radical (unpaired) electrons. The summed E-state index contributed by atoms with van der Waals surface area (Å²) in [6.07, 6.45) is -0.115. The van der Waals surface area contributed by atoms with Crippen molar-refractivity contribution in [3.8, 4) is 0 Å². The third-order valence-corrected chi connectivity index (χ3v) is 2.58. The second kappa shape index (κ2) is 6.98. The summed E-state index contributed by atoms with van der Waals surface area (Å²) in [5.41, 5.74) is 7.64. The smallest absolute Gasteiger partial charge is 0.253 e. The number of ether oxygens (including phenoxy) is 1. The van der Waals surface area contributed by atoms with E-state index in [0.29, 0.717) is 24.2 Å². The summed E-state index contributed by atoms with van der Waals surface area (Å²) in [4.78, 5) is 11.9. The number of nitrogens with two attached hydrogens (primary N) is 1. The van der Waals surface area contributed by atoms with Crippen LogP contribution in [0, 0.1) is 6.92 Å². The maximum Gasteiger partial charge on any atom is 0.253 e. The maximum absolute atomic E-state index is 11.9. The van der Waals surface area contributed by atoms with Crippen LogP contribution < -0.4 is 11.1 Å². The number of aliphatic hydroxyl groups is 1. The number of nitrogen functional groups attached to an aromatic ring is 1. The Morgan fingerprint density at radius 2 is 2.28 bits per heavy atom. The molecule has 0 heterocycles. The molecule has 0 aliphatic carbocycles. The van der Waals surface area contributed by atoms with Gasteiger partial charge in [-0.05, 0) is 25.5 Å². The minimum Gasteiger partial charge on any atom is -0.398 e. The van der Waals surface area contributed by atoms with Crippen molar-refractivity contribution in [2.45, 2.75) is 19.4 Å². The summed E-state index contributed by atoms with van der Waals surface area (Å²) in [6, 6.07) is 5.31. The lowest BCUT2D eigenvalue weighted by Crippen LogP contribution is -2.29. The molecule has 0 aromatic heterocycles. The predicted molar refractivity (Wildman–Crippen MR) is 70.4 cm³/mol. The number of rotatable bonds is 6. The fourth-order valence-corrected chi connectivity index (χ4v) is 1.59. The van der Waals surface area contributed by atoms with Gasteiger partial charge in [0.25, 0.3) is 5.91 Å². The van der Waals surface area contributed by atoms with Crippen LogP contribution in [0.1, 0.15) is 22.3 Å². The molecule has 1 atom stereocenters. The van der Waals surface area contributed by atoms with E-state index in [1.807, 2.05) is 13.0 Å². The highest BCUT2D eigenvalue weighted by Gasteiger charge is 2.10. The monoisotopic (exact) mass is 252 g/mol. The molecule has 1 aromatic carbocycles. The van der Waals surface area contributed by atoms with Crippen LogP contribution in [-0.2, 0) is 4.74 Å². The lowest BCUT2D eigenvalue weighted by Gasteiger charge is -2.11. The number of carbonyl (C=O) groups is 1. The number of nitrogens with one attached hydrogen (secondary N) is 1. The third kappa shape index (κ3) is 4.35. The summed E-state index contributed by atoms with van der Waals surface area (Å²) >= 11 is 0. The van der Waals surface area contributed by atoms with Gasteiger partial charge in [0.2, 0.25) is 0 Å². The standard InChI is InChI=1S/C13H20N2O3/c1-9-3-4-12(14)11(7-9)13(17)15-6-5-10(16)8-18-2/h3-4,7,10,16H,5-6,8,14H2,1-2H3,(H,15,17). The van der Waals surface area contributed by atoms with Gasteiger partial charge in [0.15, 0.2) is 0 Å². The highest BCUT2D eigenvalue weighted by Crippen LogP contribution is 2.13. The highest BCUT2D eigenvalue weighted by atomic mass is 16.5. The first-order chi connectivity index (χ1) is 8.54.